The highest BCUT2D eigenvalue weighted by atomic mass is 16.5. The minimum Gasteiger partial charge on any atom is -0.493 e. The summed E-state index contributed by atoms with van der Waals surface area (Å²) in [5, 5.41) is 0. The zero-order valence-electron chi connectivity index (χ0n) is 12.2. The lowest BCUT2D eigenvalue weighted by atomic mass is 10.2. The molecule has 2 aromatic rings. The quantitative estimate of drug-likeness (QED) is 0.500. The van der Waals surface area contributed by atoms with Crippen LogP contribution in [0.5, 0.6) is 11.5 Å². The number of benzene rings is 1. The van der Waals surface area contributed by atoms with Crippen molar-refractivity contribution in [2.24, 2.45) is 5.84 Å². The van der Waals surface area contributed by atoms with Crippen molar-refractivity contribution in [3.63, 3.8) is 0 Å². The lowest BCUT2D eigenvalue weighted by Gasteiger charge is -2.10. The number of hydrogen-bond acceptors (Lipinski definition) is 5. The average Bonchev–Trinajstić information content (AvgIpc) is 2.86. The number of hydrogen-bond donors (Lipinski definition) is 2. The molecule has 0 saturated carbocycles. The van der Waals surface area contributed by atoms with Crippen LogP contribution >= 0.6 is 0 Å². The molecule has 3 N–H and O–H groups in total. The van der Waals surface area contributed by atoms with Crippen LogP contribution in [0.3, 0.4) is 0 Å². The zero-order chi connectivity index (χ0) is 15.4. The van der Waals surface area contributed by atoms with Crippen LogP contribution in [-0.2, 0) is 6.61 Å². The summed E-state index contributed by atoms with van der Waals surface area (Å²) in [6.07, 6.45) is 0. The summed E-state index contributed by atoms with van der Waals surface area (Å²) in [5.41, 5.74) is 3.82. The molecular weight excluding hydrogens is 272 g/mol. The normalized spacial score (nSPS) is 10.3. The molecule has 21 heavy (non-hydrogen) atoms. The fraction of sp³-hybridized carbons (Fsp3) is 0.267. The Morgan fingerprint density at radius 3 is 2.71 bits per heavy atom. The summed E-state index contributed by atoms with van der Waals surface area (Å²) < 4.78 is 16.4. The van der Waals surface area contributed by atoms with Crippen LogP contribution in [0, 0.1) is 13.8 Å². The van der Waals surface area contributed by atoms with E-state index in [9.17, 15) is 4.79 Å². The molecule has 1 aromatic carbocycles. The molecule has 2 rings (SSSR count). The maximum atomic E-state index is 11.5. The molecule has 0 radical (unpaired) electrons. The van der Waals surface area contributed by atoms with E-state index in [1.807, 2.05) is 30.5 Å². The summed E-state index contributed by atoms with van der Waals surface area (Å²) in [4.78, 5) is 11.5. The monoisotopic (exact) mass is 290 g/mol. The molecule has 1 aromatic heterocycles. The second-order valence-corrected chi connectivity index (χ2v) is 4.64. The molecule has 0 fully saturated rings. The van der Waals surface area contributed by atoms with Gasteiger partial charge in [-0.1, -0.05) is 6.07 Å². The van der Waals surface area contributed by atoms with E-state index in [0.29, 0.717) is 22.8 Å². The van der Waals surface area contributed by atoms with E-state index in [-0.39, 0.29) is 12.4 Å². The number of amides is 1. The predicted molar refractivity (Wildman–Crippen MR) is 77.2 cm³/mol. The van der Waals surface area contributed by atoms with Crippen molar-refractivity contribution in [3.8, 4) is 11.5 Å². The van der Waals surface area contributed by atoms with E-state index >= 15 is 0 Å². The summed E-state index contributed by atoms with van der Waals surface area (Å²) in [6.45, 7) is 3.93. The van der Waals surface area contributed by atoms with Crippen LogP contribution in [0.1, 0.15) is 27.4 Å². The third kappa shape index (κ3) is 3.35. The predicted octanol–water partition coefficient (Wildman–Crippen LogP) is 2.09. The number of rotatable bonds is 5. The van der Waals surface area contributed by atoms with Crippen LogP contribution in [-0.4, -0.2) is 13.0 Å². The Bertz CT molecular complexity index is 649. The molecule has 1 amide bonds. The number of nitrogens with two attached hydrogens (primary N) is 1. The Morgan fingerprint density at radius 2 is 2.05 bits per heavy atom. The largest absolute Gasteiger partial charge is 0.493 e. The summed E-state index contributed by atoms with van der Waals surface area (Å²) in [7, 11) is 1.59. The van der Waals surface area contributed by atoms with E-state index < -0.39 is 5.91 Å². The molecule has 0 aliphatic heterocycles. The Labute approximate surface area is 122 Å². The third-order valence-corrected chi connectivity index (χ3v) is 3.00. The van der Waals surface area contributed by atoms with Crippen molar-refractivity contribution in [2.45, 2.75) is 20.5 Å². The van der Waals surface area contributed by atoms with E-state index in [4.69, 9.17) is 19.7 Å². The van der Waals surface area contributed by atoms with Crippen molar-refractivity contribution in [2.75, 3.05) is 7.11 Å². The summed E-state index contributed by atoms with van der Waals surface area (Å²) in [6, 6.07) is 7.39. The van der Waals surface area contributed by atoms with Crippen molar-refractivity contribution in [1.29, 1.82) is 0 Å². The number of hydrazine groups is 1. The number of furan rings is 1. The number of carbonyl (C=O) groups is 1. The van der Waals surface area contributed by atoms with E-state index in [1.54, 1.807) is 20.1 Å². The Kier molecular flexibility index (Phi) is 4.49. The maximum absolute atomic E-state index is 11.5. The minimum atomic E-state index is -0.466. The van der Waals surface area contributed by atoms with Gasteiger partial charge < -0.3 is 13.9 Å². The van der Waals surface area contributed by atoms with Crippen molar-refractivity contribution >= 4 is 5.91 Å². The zero-order valence-corrected chi connectivity index (χ0v) is 12.2. The number of aryl methyl sites for hydroxylation is 2. The van der Waals surface area contributed by atoms with Gasteiger partial charge in [-0.15, -0.1) is 0 Å². The number of nitrogen functional groups attached to an aromatic ring is 1. The summed E-state index contributed by atoms with van der Waals surface area (Å²) in [5.74, 6) is 6.61. The molecule has 0 saturated heterocycles. The summed E-state index contributed by atoms with van der Waals surface area (Å²) >= 11 is 0. The fourth-order valence-corrected chi connectivity index (χ4v) is 1.95. The highest BCUT2D eigenvalue weighted by Gasteiger charge is 2.15. The molecule has 0 bridgehead atoms. The molecule has 112 valence electrons. The van der Waals surface area contributed by atoms with Gasteiger partial charge in [0.25, 0.3) is 0 Å². The lowest BCUT2D eigenvalue weighted by molar-refractivity contribution is 0.0921. The first-order valence-electron chi connectivity index (χ1n) is 6.43. The van der Waals surface area contributed by atoms with E-state index in [2.05, 4.69) is 0 Å². The lowest BCUT2D eigenvalue weighted by Crippen LogP contribution is -2.30. The van der Waals surface area contributed by atoms with Gasteiger partial charge in [0.1, 0.15) is 12.4 Å². The van der Waals surface area contributed by atoms with Gasteiger partial charge in [-0.25, -0.2) is 5.84 Å². The van der Waals surface area contributed by atoms with Gasteiger partial charge in [-0.2, -0.15) is 0 Å². The van der Waals surface area contributed by atoms with Gasteiger partial charge >= 0.3 is 5.91 Å². The van der Waals surface area contributed by atoms with Crippen LogP contribution in [0.15, 0.2) is 28.7 Å². The van der Waals surface area contributed by atoms with Crippen LogP contribution in [0.25, 0.3) is 0 Å². The fourth-order valence-electron chi connectivity index (χ4n) is 1.95. The van der Waals surface area contributed by atoms with Crippen molar-refractivity contribution in [3.05, 3.63) is 46.9 Å². The second kappa shape index (κ2) is 6.32. The Balaban J connectivity index is 2.12. The first kappa shape index (κ1) is 14.9. The molecule has 0 spiro atoms. The SMILES string of the molecule is COc1cc(C)ccc1OCc1cc(C)c(C(=O)NN)o1. The van der Waals surface area contributed by atoms with Gasteiger partial charge in [0.15, 0.2) is 17.3 Å². The molecule has 1 heterocycles. The third-order valence-electron chi connectivity index (χ3n) is 3.00. The van der Waals surface area contributed by atoms with Gasteiger partial charge in [0.2, 0.25) is 0 Å². The Hall–Kier alpha value is -2.47. The number of ether oxygens (including phenoxy) is 2. The molecule has 6 nitrogen and oxygen atoms in total. The van der Waals surface area contributed by atoms with Crippen LogP contribution < -0.4 is 20.7 Å². The number of carbonyl (C=O) groups excluding carboxylic acids is 1. The number of nitrogens with one attached hydrogen (secondary N) is 1. The molecule has 0 aliphatic rings. The maximum Gasteiger partial charge on any atom is 0.301 e. The molecule has 6 heteroatoms. The number of methoxy groups -OCH3 is 1. The van der Waals surface area contributed by atoms with E-state index in [1.165, 1.54) is 0 Å². The van der Waals surface area contributed by atoms with E-state index in [0.717, 1.165) is 5.56 Å². The Morgan fingerprint density at radius 1 is 1.29 bits per heavy atom. The molecule has 0 aliphatic carbocycles. The van der Waals surface area contributed by atoms with Gasteiger partial charge in [-0.05, 0) is 37.6 Å². The first-order valence-corrected chi connectivity index (χ1v) is 6.43. The topological polar surface area (TPSA) is 86.7 Å². The highest BCUT2D eigenvalue weighted by Crippen LogP contribution is 2.28. The second-order valence-electron chi connectivity index (χ2n) is 4.64. The van der Waals surface area contributed by atoms with Crippen LogP contribution in [0.2, 0.25) is 0 Å². The van der Waals surface area contributed by atoms with Gasteiger partial charge in [-0.3, -0.25) is 10.2 Å². The van der Waals surface area contributed by atoms with Crippen molar-refractivity contribution < 1.29 is 18.7 Å². The molecule has 0 unspecified atom stereocenters. The smallest absolute Gasteiger partial charge is 0.301 e. The average molecular weight is 290 g/mol. The molecule has 0 atom stereocenters. The molecular formula is C15H18N2O4. The highest BCUT2D eigenvalue weighted by molar-refractivity contribution is 5.92. The van der Waals surface area contributed by atoms with Gasteiger partial charge in [0.05, 0.1) is 7.11 Å². The minimum absolute atomic E-state index is 0.187. The van der Waals surface area contributed by atoms with Crippen molar-refractivity contribution in [1.82, 2.24) is 5.43 Å². The van der Waals surface area contributed by atoms with Gasteiger partial charge in [0, 0.05) is 5.56 Å². The van der Waals surface area contributed by atoms with Crippen LogP contribution in [0.4, 0.5) is 0 Å². The first-order chi connectivity index (χ1) is 10.0. The standard InChI is InChI=1S/C15H18N2O4/c1-9-4-5-12(13(6-9)19-3)20-8-11-7-10(2)14(21-11)15(18)17-16/h4-7H,8,16H2,1-3H3,(H,17,18).